The Kier molecular flexibility index (Phi) is 28.0. The first-order valence-electron chi connectivity index (χ1n) is 21.3. The van der Waals surface area contributed by atoms with Gasteiger partial charge >= 0.3 is 5.97 Å². The van der Waals surface area contributed by atoms with E-state index in [0.29, 0.717) is 6.42 Å². The molecule has 20 N–H and O–H groups in total. The minimum Gasteiger partial charge on any atom is -0.480 e. The number of carbonyl (C=O) groups is 10. The molecular weight excluding hydrogens is 875 g/mol. The van der Waals surface area contributed by atoms with Crippen LogP contribution in [0.5, 0.6) is 0 Å². The van der Waals surface area contributed by atoms with Crippen LogP contribution in [0.15, 0.2) is 0 Å². The van der Waals surface area contributed by atoms with Crippen molar-refractivity contribution in [1.29, 1.82) is 5.41 Å². The fourth-order valence-corrected chi connectivity index (χ4v) is 5.98. The minimum absolute atomic E-state index is 0.0149. The fraction of sp³-hybridized carbons (Fsp3) is 0.718. The average Bonchev–Trinajstić information content (AvgIpc) is 3.21. The molecule has 0 radical (unpaired) electrons. The standard InChI is InChI=1S/C39H71N13O14/c1-18(2)10-21(40)31(58)50-26(15-53)32(59)45-14-30(57)46-23(11-19(3)4)34(61)47-22(8-7-9-44-39(42)43)33(60)51-27(16-54)37(64)49-25(13-29(41)56)36(63)48-24(12-20(5)6)35(62)52-28(17-55)38(65)66/h18-28,53-55H,7-17,40H2,1-6H3,(H2,41,56)(H,45,59)(H,46,57)(H,47,61)(H,48,63)(H,49,64)(H,50,58)(H,51,60)(H,52,62)(H,65,66)(H4,42,43,44)/t21-,22-,23-,24-,25-,26-,27-,28-/m0/s1. The number of carboxylic acids is 1. The summed E-state index contributed by atoms with van der Waals surface area (Å²) in [6, 6.07) is -12.0. The Balaban J connectivity index is 6.22. The van der Waals surface area contributed by atoms with Gasteiger partial charge in [0.15, 0.2) is 5.96 Å². The highest BCUT2D eigenvalue weighted by atomic mass is 16.4. The number of rotatable bonds is 32. The number of carbonyl (C=O) groups excluding carboxylic acids is 9. The lowest BCUT2D eigenvalue weighted by molar-refractivity contribution is -0.143. The van der Waals surface area contributed by atoms with Crippen LogP contribution in [0.25, 0.3) is 0 Å². The van der Waals surface area contributed by atoms with Gasteiger partial charge in [-0.15, -0.1) is 0 Å². The summed E-state index contributed by atoms with van der Waals surface area (Å²) >= 11 is 0. The zero-order chi connectivity index (χ0) is 50.8. The number of carboxylic acid groups (broad SMARTS) is 1. The average molecular weight is 946 g/mol. The van der Waals surface area contributed by atoms with E-state index in [9.17, 15) is 68.4 Å². The Labute approximate surface area is 382 Å². The first-order chi connectivity index (χ1) is 30.8. The molecule has 0 rings (SSSR count). The molecule has 0 unspecified atom stereocenters. The zero-order valence-corrected chi connectivity index (χ0v) is 38.2. The monoisotopic (exact) mass is 946 g/mol. The molecule has 27 heteroatoms. The van der Waals surface area contributed by atoms with Crippen molar-refractivity contribution in [2.75, 3.05) is 32.9 Å². The molecule has 0 aliphatic heterocycles. The molecule has 0 aliphatic rings. The molecule has 27 nitrogen and oxygen atoms in total. The van der Waals surface area contributed by atoms with E-state index in [1.54, 1.807) is 27.7 Å². The van der Waals surface area contributed by atoms with Crippen molar-refractivity contribution in [1.82, 2.24) is 47.9 Å². The van der Waals surface area contributed by atoms with E-state index in [-0.39, 0.29) is 50.0 Å². The van der Waals surface area contributed by atoms with Crippen LogP contribution in [0.3, 0.4) is 0 Å². The van der Waals surface area contributed by atoms with Crippen LogP contribution in [0.1, 0.15) is 80.1 Å². The van der Waals surface area contributed by atoms with Gasteiger partial charge in [-0.1, -0.05) is 41.5 Å². The molecule has 0 spiro atoms. The molecule has 8 atom stereocenters. The van der Waals surface area contributed by atoms with Gasteiger partial charge in [-0.05, 0) is 49.9 Å². The third-order valence-electron chi connectivity index (χ3n) is 9.27. The molecule has 0 bridgehead atoms. The molecule has 0 fully saturated rings. The Morgan fingerprint density at radius 2 is 0.894 bits per heavy atom. The van der Waals surface area contributed by atoms with Gasteiger partial charge in [-0.2, -0.15) is 0 Å². The highest BCUT2D eigenvalue weighted by molar-refractivity contribution is 5.98. The quantitative estimate of drug-likeness (QED) is 0.0169. The number of primary amides is 1. The number of aliphatic carboxylic acids is 1. The van der Waals surface area contributed by atoms with Crippen LogP contribution in [-0.4, -0.2) is 167 Å². The Hall–Kier alpha value is -6.19. The van der Waals surface area contributed by atoms with Crippen LogP contribution >= 0.6 is 0 Å². The van der Waals surface area contributed by atoms with Crippen molar-refractivity contribution in [3.8, 4) is 0 Å². The molecule has 0 aliphatic carbocycles. The van der Waals surface area contributed by atoms with Gasteiger partial charge in [0.1, 0.15) is 42.3 Å². The minimum atomic E-state index is -1.83. The summed E-state index contributed by atoms with van der Waals surface area (Å²) in [4.78, 5) is 129. The first-order valence-corrected chi connectivity index (χ1v) is 21.3. The molecule has 376 valence electrons. The fourth-order valence-electron chi connectivity index (χ4n) is 5.98. The summed E-state index contributed by atoms with van der Waals surface area (Å²) in [7, 11) is 0. The second-order valence-corrected chi connectivity index (χ2v) is 16.7. The van der Waals surface area contributed by atoms with E-state index >= 15 is 0 Å². The number of aliphatic hydroxyl groups is 3. The lowest BCUT2D eigenvalue weighted by Crippen LogP contribution is -2.61. The largest absolute Gasteiger partial charge is 0.480 e. The van der Waals surface area contributed by atoms with Crippen molar-refractivity contribution in [3.63, 3.8) is 0 Å². The highest BCUT2D eigenvalue weighted by Crippen LogP contribution is 2.09. The zero-order valence-electron chi connectivity index (χ0n) is 38.2. The van der Waals surface area contributed by atoms with Crippen LogP contribution in [-0.2, 0) is 47.9 Å². The van der Waals surface area contributed by atoms with Crippen molar-refractivity contribution >= 4 is 65.1 Å². The number of nitrogens with two attached hydrogens (primary N) is 3. The normalized spacial score (nSPS) is 14.7. The molecule has 0 saturated heterocycles. The summed E-state index contributed by atoms with van der Waals surface area (Å²) < 4.78 is 0. The number of hydrogen-bond acceptors (Lipinski definition) is 15. The van der Waals surface area contributed by atoms with Gasteiger partial charge in [-0.25, -0.2) is 4.79 Å². The van der Waals surface area contributed by atoms with E-state index in [0.717, 1.165) is 0 Å². The second kappa shape index (κ2) is 30.9. The Bertz CT molecular complexity index is 1680. The van der Waals surface area contributed by atoms with Crippen LogP contribution in [0, 0.1) is 23.2 Å². The number of guanidine groups is 1. The lowest BCUT2D eigenvalue weighted by atomic mass is 10.0. The summed E-state index contributed by atoms with van der Waals surface area (Å²) in [6.45, 7) is 6.95. The topological polar surface area (TPSA) is 462 Å². The van der Waals surface area contributed by atoms with Crippen molar-refractivity contribution in [2.24, 2.45) is 35.0 Å². The molecule has 9 amide bonds. The van der Waals surface area contributed by atoms with Gasteiger partial charge in [0.05, 0.1) is 38.8 Å². The van der Waals surface area contributed by atoms with E-state index in [1.807, 2.05) is 13.8 Å². The molecular formula is C39H71N13O14. The maximum absolute atomic E-state index is 13.7. The first kappa shape index (κ1) is 59.8. The van der Waals surface area contributed by atoms with E-state index in [1.165, 1.54) is 0 Å². The van der Waals surface area contributed by atoms with Crippen molar-refractivity contribution < 1.29 is 68.4 Å². The summed E-state index contributed by atoms with van der Waals surface area (Å²) in [5, 5.41) is 66.8. The number of hydrogen-bond donors (Lipinski definition) is 17. The smallest absolute Gasteiger partial charge is 0.328 e. The summed E-state index contributed by atoms with van der Waals surface area (Å²) in [5.74, 6) is -11.3. The van der Waals surface area contributed by atoms with E-state index in [2.05, 4.69) is 47.9 Å². The van der Waals surface area contributed by atoms with Crippen LogP contribution < -0.4 is 65.1 Å². The molecule has 66 heavy (non-hydrogen) atoms. The number of amides is 9. The van der Waals surface area contributed by atoms with E-state index < -0.39 is 146 Å². The maximum atomic E-state index is 13.7. The number of aliphatic hydroxyl groups excluding tert-OH is 3. The highest BCUT2D eigenvalue weighted by Gasteiger charge is 2.34. The van der Waals surface area contributed by atoms with Crippen molar-refractivity contribution in [3.05, 3.63) is 0 Å². The van der Waals surface area contributed by atoms with Gasteiger partial charge < -0.3 is 85.5 Å². The molecule has 0 aromatic carbocycles. The predicted molar refractivity (Wildman–Crippen MR) is 235 cm³/mol. The SMILES string of the molecule is CC(C)C[C@H](NC(=O)CNC(=O)[C@H](CO)NC(=O)[C@@H](N)CC(C)C)C(=O)N[C@@H](CCCNC(=N)N)C(=O)N[C@@H](CO)C(=O)N[C@@H](CC(N)=O)C(=O)N[C@@H](CC(C)C)C(=O)N[C@@H](CO)C(=O)O. The van der Waals surface area contributed by atoms with Gasteiger partial charge in [0.25, 0.3) is 0 Å². The third-order valence-corrected chi connectivity index (χ3v) is 9.27. The third kappa shape index (κ3) is 24.2. The van der Waals surface area contributed by atoms with Crippen molar-refractivity contribution in [2.45, 2.75) is 128 Å². The lowest BCUT2D eigenvalue weighted by Gasteiger charge is -2.27. The van der Waals surface area contributed by atoms with E-state index in [4.69, 9.17) is 22.6 Å². The second-order valence-electron chi connectivity index (χ2n) is 16.7. The molecule has 0 aromatic heterocycles. The summed E-state index contributed by atoms with van der Waals surface area (Å²) in [6.07, 6.45) is -0.663. The maximum Gasteiger partial charge on any atom is 0.328 e. The predicted octanol–water partition coefficient (Wildman–Crippen LogP) is -6.84. The molecule has 0 saturated carbocycles. The van der Waals surface area contributed by atoms with Crippen LogP contribution in [0.2, 0.25) is 0 Å². The van der Waals surface area contributed by atoms with Gasteiger partial charge in [0, 0.05) is 6.54 Å². The van der Waals surface area contributed by atoms with Gasteiger partial charge in [0.2, 0.25) is 53.2 Å². The summed E-state index contributed by atoms with van der Waals surface area (Å²) in [5.41, 5.74) is 16.5. The molecule has 0 heterocycles. The molecule has 0 aromatic rings. The Morgan fingerprint density at radius 3 is 1.36 bits per heavy atom. The number of nitrogens with one attached hydrogen (secondary N) is 10. The van der Waals surface area contributed by atoms with Gasteiger partial charge in [-0.3, -0.25) is 48.6 Å². The Morgan fingerprint density at radius 1 is 0.500 bits per heavy atom. The van der Waals surface area contributed by atoms with Crippen LogP contribution in [0.4, 0.5) is 0 Å².